The van der Waals surface area contributed by atoms with Gasteiger partial charge in [-0.15, -0.1) is 0 Å². The predicted octanol–water partition coefficient (Wildman–Crippen LogP) is 3.49. The largest absolute Gasteiger partial charge is 0.353 e. The van der Waals surface area contributed by atoms with E-state index in [0.717, 1.165) is 16.7 Å². The minimum atomic E-state index is -0.955. The summed E-state index contributed by atoms with van der Waals surface area (Å²) in [6, 6.07) is 17.8. The Morgan fingerprint density at radius 1 is 0.947 bits per heavy atom. The third kappa shape index (κ3) is 5.04. The molecule has 2 saturated heterocycles. The Balaban J connectivity index is 1.37. The van der Waals surface area contributed by atoms with Crippen molar-refractivity contribution in [1.82, 2.24) is 20.1 Å². The standard InChI is InChI=1S/C30H32N4O4/c1-21-7-9-24(10-8-21)28(36)34-26(27(35)32-19-23-11-15-31-16-12-23)20-38-30(34)13-17-33(18-14-30)29(37)25-6-4-3-5-22(25)2/h3-12,15-16,26H,13-14,17-20H2,1-2H3,(H,32,35). The lowest BCUT2D eigenvalue weighted by atomic mass is 9.95. The summed E-state index contributed by atoms with van der Waals surface area (Å²) in [5.41, 5.74) is 3.12. The molecule has 2 aliphatic heterocycles. The predicted molar refractivity (Wildman–Crippen MR) is 142 cm³/mol. The minimum Gasteiger partial charge on any atom is -0.353 e. The van der Waals surface area contributed by atoms with E-state index in [9.17, 15) is 14.4 Å². The van der Waals surface area contributed by atoms with Crippen molar-refractivity contribution >= 4 is 17.7 Å². The zero-order valence-corrected chi connectivity index (χ0v) is 21.7. The monoisotopic (exact) mass is 512 g/mol. The number of hydrogen-bond acceptors (Lipinski definition) is 5. The second-order valence-corrected chi connectivity index (χ2v) is 9.99. The lowest BCUT2D eigenvalue weighted by molar-refractivity contribution is -0.128. The second kappa shape index (κ2) is 10.8. The lowest BCUT2D eigenvalue weighted by Gasteiger charge is -2.44. The van der Waals surface area contributed by atoms with Crippen molar-refractivity contribution in [3.05, 3.63) is 101 Å². The fourth-order valence-electron chi connectivity index (χ4n) is 5.25. The molecule has 2 fully saturated rings. The van der Waals surface area contributed by atoms with Gasteiger partial charge in [-0.1, -0.05) is 35.9 Å². The molecule has 196 valence electrons. The smallest absolute Gasteiger partial charge is 0.256 e. The van der Waals surface area contributed by atoms with Crippen LogP contribution in [0.1, 0.15) is 50.2 Å². The maximum atomic E-state index is 13.9. The topological polar surface area (TPSA) is 91.8 Å². The van der Waals surface area contributed by atoms with Crippen LogP contribution in [0.15, 0.2) is 73.1 Å². The van der Waals surface area contributed by atoms with Gasteiger partial charge in [0.1, 0.15) is 11.8 Å². The van der Waals surface area contributed by atoms with Crippen molar-refractivity contribution in [2.24, 2.45) is 0 Å². The molecule has 1 spiro atoms. The number of carbonyl (C=O) groups is 3. The number of likely N-dealkylation sites (tertiary alicyclic amines) is 1. The third-order valence-corrected chi connectivity index (χ3v) is 7.50. The number of aryl methyl sites for hydroxylation is 2. The first-order valence-electron chi connectivity index (χ1n) is 12.9. The Bertz CT molecular complexity index is 1320. The SMILES string of the molecule is Cc1ccc(C(=O)N2C(C(=O)NCc3ccncc3)COC23CCN(C(=O)c2ccccc2C)CC3)cc1. The first-order chi connectivity index (χ1) is 18.4. The van der Waals surface area contributed by atoms with Crippen LogP contribution < -0.4 is 5.32 Å². The van der Waals surface area contributed by atoms with Crippen molar-refractivity contribution in [3.63, 3.8) is 0 Å². The van der Waals surface area contributed by atoms with Gasteiger partial charge in [0.25, 0.3) is 11.8 Å². The van der Waals surface area contributed by atoms with Gasteiger partial charge in [0.15, 0.2) is 0 Å². The molecular formula is C30H32N4O4. The van der Waals surface area contributed by atoms with E-state index < -0.39 is 11.8 Å². The van der Waals surface area contributed by atoms with Crippen LogP contribution in [0.25, 0.3) is 0 Å². The number of carbonyl (C=O) groups excluding carboxylic acids is 3. The fourth-order valence-corrected chi connectivity index (χ4v) is 5.25. The van der Waals surface area contributed by atoms with E-state index in [1.165, 1.54) is 0 Å². The summed E-state index contributed by atoms with van der Waals surface area (Å²) in [4.78, 5) is 47.9. The van der Waals surface area contributed by atoms with Crippen molar-refractivity contribution < 1.29 is 19.1 Å². The maximum Gasteiger partial charge on any atom is 0.256 e. The molecule has 0 saturated carbocycles. The van der Waals surface area contributed by atoms with E-state index >= 15 is 0 Å². The van der Waals surface area contributed by atoms with Crippen molar-refractivity contribution in [2.45, 2.75) is 45.0 Å². The van der Waals surface area contributed by atoms with E-state index in [1.807, 2.05) is 67.3 Å². The molecule has 1 N–H and O–H groups in total. The summed E-state index contributed by atoms with van der Waals surface area (Å²) in [7, 11) is 0. The average Bonchev–Trinajstić information content (AvgIpc) is 3.31. The van der Waals surface area contributed by atoms with E-state index in [1.54, 1.807) is 29.4 Å². The third-order valence-electron chi connectivity index (χ3n) is 7.50. The fraction of sp³-hybridized carbons (Fsp3) is 0.333. The highest BCUT2D eigenvalue weighted by molar-refractivity contribution is 5.99. The van der Waals surface area contributed by atoms with Crippen LogP contribution in [0.2, 0.25) is 0 Å². The normalized spacial score (nSPS) is 18.4. The first kappa shape index (κ1) is 25.6. The van der Waals surface area contributed by atoms with Crippen LogP contribution in [0.3, 0.4) is 0 Å². The van der Waals surface area contributed by atoms with Crippen molar-refractivity contribution in [3.8, 4) is 0 Å². The molecule has 3 aromatic rings. The number of benzene rings is 2. The molecule has 1 unspecified atom stereocenters. The molecule has 3 heterocycles. The molecule has 2 aliphatic rings. The van der Waals surface area contributed by atoms with Crippen LogP contribution in [-0.4, -0.2) is 64.0 Å². The molecule has 8 nitrogen and oxygen atoms in total. The highest BCUT2D eigenvalue weighted by Crippen LogP contribution is 2.39. The molecule has 5 rings (SSSR count). The molecule has 0 aliphatic carbocycles. The highest BCUT2D eigenvalue weighted by Gasteiger charge is 2.54. The Morgan fingerprint density at radius 3 is 2.32 bits per heavy atom. The number of ether oxygens (including phenoxy) is 1. The summed E-state index contributed by atoms with van der Waals surface area (Å²) < 4.78 is 6.30. The number of pyridine rings is 1. The van der Waals surface area contributed by atoms with Gasteiger partial charge in [-0.3, -0.25) is 24.3 Å². The summed E-state index contributed by atoms with van der Waals surface area (Å²) >= 11 is 0. The van der Waals surface area contributed by atoms with Gasteiger partial charge in [-0.25, -0.2) is 0 Å². The van der Waals surface area contributed by atoms with Gasteiger partial charge >= 0.3 is 0 Å². The number of hydrogen-bond donors (Lipinski definition) is 1. The summed E-state index contributed by atoms with van der Waals surface area (Å²) in [5, 5.41) is 2.96. The molecule has 0 bridgehead atoms. The summed E-state index contributed by atoms with van der Waals surface area (Å²) in [6.45, 7) is 5.18. The Morgan fingerprint density at radius 2 is 1.63 bits per heavy atom. The first-order valence-corrected chi connectivity index (χ1v) is 12.9. The minimum absolute atomic E-state index is 0.0287. The van der Waals surface area contributed by atoms with Gasteiger partial charge in [0.2, 0.25) is 5.91 Å². The second-order valence-electron chi connectivity index (χ2n) is 9.99. The quantitative estimate of drug-likeness (QED) is 0.565. The van der Waals surface area contributed by atoms with E-state index in [4.69, 9.17) is 4.74 Å². The van der Waals surface area contributed by atoms with E-state index in [0.29, 0.717) is 43.6 Å². The molecule has 8 heteroatoms. The summed E-state index contributed by atoms with van der Waals surface area (Å²) in [6.07, 6.45) is 4.20. The van der Waals surface area contributed by atoms with E-state index in [2.05, 4.69) is 10.3 Å². The zero-order valence-electron chi connectivity index (χ0n) is 21.7. The molecule has 1 atom stereocenters. The van der Waals surface area contributed by atoms with Gasteiger partial charge in [0.05, 0.1) is 6.61 Å². The molecular weight excluding hydrogens is 480 g/mol. The van der Waals surface area contributed by atoms with Crippen LogP contribution >= 0.6 is 0 Å². The molecule has 0 radical (unpaired) electrons. The van der Waals surface area contributed by atoms with Crippen LogP contribution in [0, 0.1) is 13.8 Å². The number of piperidine rings is 1. The lowest BCUT2D eigenvalue weighted by Crippen LogP contribution is -2.59. The Labute approximate surface area is 222 Å². The highest BCUT2D eigenvalue weighted by atomic mass is 16.5. The van der Waals surface area contributed by atoms with Gasteiger partial charge in [-0.2, -0.15) is 0 Å². The average molecular weight is 513 g/mol. The zero-order chi connectivity index (χ0) is 26.7. The number of rotatable bonds is 5. The maximum absolute atomic E-state index is 13.9. The number of amides is 3. The molecule has 2 aromatic carbocycles. The number of nitrogens with one attached hydrogen (secondary N) is 1. The van der Waals surface area contributed by atoms with Crippen LogP contribution in [-0.2, 0) is 16.1 Å². The van der Waals surface area contributed by atoms with Gasteiger partial charge < -0.3 is 15.0 Å². The number of aromatic nitrogens is 1. The Hall–Kier alpha value is -4.04. The molecule has 38 heavy (non-hydrogen) atoms. The van der Waals surface area contributed by atoms with Gasteiger partial charge in [-0.05, 0) is 55.3 Å². The van der Waals surface area contributed by atoms with Crippen LogP contribution in [0.4, 0.5) is 0 Å². The van der Waals surface area contributed by atoms with Gasteiger partial charge in [0, 0.05) is 56.0 Å². The van der Waals surface area contributed by atoms with Crippen molar-refractivity contribution in [1.29, 1.82) is 0 Å². The molecule has 1 aromatic heterocycles. The number of nitrogens with zero attached hydrogens (tertiary/aromatic N) is 3. The summed E-state index contributed by atoms with van der Waals surface area (Å²) in [5.74, 6) is -0.540. The van der Waals surface area contributed by atoms with E-state index in [-0.39, 0.29) is 24.3 Å². The van der Waals surface area contributed by atoms with Crippen molar-refractivity contribution in [2.75, 3.05) is 19.7 Å². The Kier molecular flexibility index (Phi) is 7.24. The van der Waals surface area contributed by atoms with Crippen LogP contribution in [0.5, 0.6) is 0 Å². The molecule has 3 amide bonds.